The average molecular weight is 259 g/mol. The Morgan fingerprint density at radius 2 is 2.06 bits per heavy atom. The number of nitrogens with two attached hydrogens (primary N) is 1. The maximum Gasteiger partial charge on any atom is 0.433 e. The quantitative estimate of drug-likeness (QED) is 0.819. The van der Waals surface area contributed by atoms with Gasteiger partial charge in [0.15, 0.2) is 5.69 Å². The van der Waals surface area contributed by atoms with Crippen LogP contribution in [0.5, 0.6) is 0 Å². The summed E-state index contributed by atoms with van der Waals surface area (Å²) in [5.74, 6) is -1.32. The Bertz CT molecular complexity index is 646. The molecular weight excluding hydrogens is 251 g/mol. The summed E-state index contributed by atoms with van der Waals surface area (Å²) in [7, 11) is 1.30. The largest absolute Gasteiger partial charge is 0.477 e. The number of rotatable bonds is 1. The predicted molar refractivity (Wildman–Crippen MR) is 57.1 cm³/mol. The highest BCUT2D eigenvalue weighted by molar-refractivity contribution is 6.04. The van der Waals surface area contributed by atoms with Crippen molar-refractivity contribution in [3.8, 4) is 0 Å². The van der Waals surface area contributed by atoms with Crippen LogP contribution in [0.3, 0.4) is 0 Å². The first-order valence-electron chi connectivity index (χ1n) is 4.79. The first-order valence-corrected chi connectivity index (χ1v) is 4.79. The molecule has 8 heteroatoms. The minimum atomic E-state index is -4.59. The van der Waals surface area contributed by atoms with Gasteiger partial charge in [0.1, 0.15) is 11.3 Å². The second-order valence-corrected chi connectivity index (χ2v) is 3.69. The van der Waals surface area contributed by atoms with E-state index in [0.717, 1.165) is 16.7 Å². The Morgan fingerprint density at radius 3 is 2.56 bits per heavy atom. The van der Waals surface area contributed by atoms with Crippen LogP contribution in [-0.2, 0) is 13.2 Å². The maximum atomic E-state index is 12.5. The molecule has 0 bridgehead atoms. The van der Waals surface area contributed by atoms with Crippen LogP contribution in [0.2, 0.25) is 0 Å². The molecule has 0 radical (unpaired) electrons. The summed E-state index contributed by atoms with van der Waals surface area (Å²) in [5, 5.41) is 9.11. The number of aryl methyl sites for hydroxylation is 1. The van der Waals surface area contributed by atoms with E-state index in [9.17, 15) is 18.0 Å². The van der Waals surface area contributed by atoms with Crippen LogP contribution in [0.4, 0.5) is 18.9 Å². The fraction of sp³-hybridized carbons (Fsp3) is 0.200. The third-order valence-electron chi connectivity index (χ3n) is 2.57. The van der Waals surface area contributed by atoms with Crippen LogP contribution in [0.25, 0.3) is 11.0 Å². The Labute approximate surface area is 98.6 Å². The van der Waals surface area contributed by atoms with Crippen molar-refractivity contribution in [3.05, 3.63) is 23.5 Å². The fourth-order valence-electron chi connectivity index (χ4n) is 1.74. The summed E-state index contributed by atoms with van der Waals surface area (Å²) in [6.45, 7) is 0. The van der Waals surface area contributed by atoms with Gasteiger partial charge in [-0.15, -0.1) is 0 Å². The second kappa shape index (κ2) is 3.62. The van der Waals surface area contributed by atoms with Gasteiger partial charge in [0.25, 0.3) is 0 Å². The molecule has 3 N–H and O–H groups in total. The molecule has 2 aromatic heterocycles. The number of alkyl halides is 3. The van der Waals surface area contributed by atoms with E-state index in [1.54, 1.807) is 0 Å². The number of aromatic carboxylic acids is 1. The molecule has 2 rings (SSSR count). The van der Waals surface area contributed by atoms with Gasteiger partial charge in [-0.25, -0.2) is 9.78 Å². The van der Waals surface area contributed by atoms with Gasteiger partial charge in [0, 0.05) is 12.4 Å². The highest BCUT2D eigenvalue weighted by Gasteiger charge is 2.33. The number of nitrogens with zero attached hydrogens (tertiary/aromatic N) is 2. The zero-order valence-electron chi connectivity index (χ0n) is 9.12. The Kier molecular flexibility index (Phi) is 2.46. The second-order valence-electron chi connectivity index (χ2n) is 3.69. The standard InChI is InChI=1S/C10H8F3N3O2/c1-16-7(9(17)18)6(14)4-2-3-5(10(11,12)13)15-8(4)16/h2-3H,14H2,1H3,(H,17,18). The van der Waals surface area contributed by atoms with E-state index >= 15 is 0 Å². The van der Waals surface area contributed by atoms with Crippen molar-refractivity contribution < 1.29 is 23.1 Å². The van der Waals surface area contributed by atoms with Gasteiger partial charge in [0.2, 0.25) is 0 Å². The van der Waals surface area contributed by atoms with E-state index < -0.39 is 17.8 Å². The SMILES string of the molecule is Cn1c(C(=O)O)c(N)c2ccc(C(F)(F)F)nc21. The molecule has 2 heterocycles. The first kappa shape index (κ1) is 12.2. The van der Waals surface area contributed by atoms with Crippen molar-refractivity contribution in [3.63, 3.8) is 0 Å². The molecule has 96 valence electrons. The van der Waals surface area contributed by atoms with Crippen molar-refractivity contribution >= 4 is 22.7 Å². The molecule has 0 fully saturated rings. The van der Waals surface area contributed by atoms with Gasteiger partial charge < -0.3 is 15.4 Å². The maximum absolute atomic E-state index is 12.5. The number of hydrogen-bond acceptors (Lipinski definition) is 3. The third kappa shape index (κ3) is 1.66. The van der Waals surface area contributed by atoms with Crippen molar-refractivity contribution in [2.75, 3.05) is 5.73 Å². The van der Waals surface area contributed by atoms with Gasteiger partial charge in [-0.05, 0) is 12.1 Å². The topological polar surface area (TPSA) is 81.1 Å². The normalized spacial score (nSPS) is 12.0. The Morgan fingerprint density at radius 1 is 1.44 bits per heavy atom. The number of pyridine rings is 1. The number of fused-ring (bicyclic) bond motifs is 1. The summed E-state index contributed by atoms with van der Waals surface area (Å²) >= 11 is 0. The number of aromatic nitrogens is 2. The van der Waals surface area contributed by atoms with Crippen LogP contribution in [0.1, 0.15) is 16.2 Å². The van der Waals surface area contributed by atoms with Crippen molar-refractivity contribution in [2.24, 2.45) is 7.05 Å². The fourth-order valence-corrected chi connectivity index (χ4v) is 1.74. The lowest BCUT2D eigenvalue weighted by Gasteiger charge is -2.05. The van der Waals surface area contributed by atoms with Gasteiger partial charge in [-0.3, -0.25) is 0 Å². The molecule has 0 aromatic carbocycles. The average Bonchev–Trinajstić information content (AvgIpc) is 2.50. The number of anilines is 1. The first-order chi connectivity index (χ1) is 8.23. The lowest BCUT2D eigenvalue weighted by molar-refractivity contribution is -0.141. The third-order valence-corrected chi connectivity index (χ3v) is 2.57. The summed E-state index contributed by atoms with van der Waals surface area (Å²) in [5.41, 5.74) is 4.00. The van der Waals surface area contributed by atoms with Crippen LogP contribution in [-0.4, -0.2) is 20.6 Å². The van der Waals surface area contributed by atoms with Crippen molar-refractivity contribution in [1.82, 2.24) is 9.55 Å². The summed E-state index contributed by atoms with van der Waals surface area (Å²) in [6, 6.07) is 1.89. The summed E-state index contributed by atoms with van der Waals surface area (Å²) in [4.78, 5) is 14.3. The van der Waals surface area contributed by atoms with Crippen LogP contribution >= 0.6 is 0 Å². The Hall–Kier alpha value is -2.25. The number of carboxylic acid groups (broad SMARTS) is 1. The van der Waals surface area contributed by atoms with Crippen molar-refractivity contribution in [1.29, 1.82) is 0 Å². The lowest BCUT2D eigenvalue weighted by Crippen LogP contribution is -2.09. The van der Waals surface area contributed by atoms with Gasteiger partial charge in [-0.1, -0.05) is 0 Å². The molecule has 0 aliphatic heterocycles. The lowest BCUT2D eigenvalue weighted by atomic mass is 10.2. The van der Waals surface area contributed by atoms with E-state index in [4.69, 9.17) is 10.8 Å². The zero-order valence-corrected chi connectivity index (χ0v) is 9.12. The molecule has 0 aliphatic rings. The molecule has 2 aromatic rings. The number of hydrogen-bond donors (Lipinski definition) is 2. The molecular formula is C10H8F3N3O2. The highest BCUT2D eigenvalue weighted by Crippen LogP contribution is 2.32. The predicted octanol–water partition coefficient (Wildman–Crippen LogP) is 1.87. The number of nitrogen functional groups attached to an aromatic ring is 1. The number of carbonyl (C=O) groups is 1. The Balaban J connectivity index is 2.80. The zero-order chi connectivity index (χ0) is 13.7. The molecule has 0 atom stereocenters. The minimum Gasteiger partial charge on any atom is -0.477 e. The molecule has 5 nitrogen and oxygen atoms in total. The van der Waals surface area contributed by atoms with Gasteiger partial charge in [-0.2, -0.15) is 13.2 Å². The molecule has 0 aliphatic carbocycles. The van der Waals surface area contributed by atoms with Crippen LogP contribution < -0.4 is 5.73 Å². The van der Waals surface area contributed by atoms with E-state index in [1.165, 1.54) is 7.05 Å². The molecule has 18 heavy (non-hydrogen) atoms. The molecule has 0 saturated carbocycles. The van der Waals surface area contributed by atoms with Crippen LogP contribution in [0, 0.1) is 0 Å². The van der Waals surface area contributed by atoms with E-state index in [0.29, 0.717) is 0 Å². The smallest absolute Gasteiger partial charge is 0.433 e. The number of halogens is 3. The van der Waals surface area contributed by atoms with E-state index in [1.807, 2.05) is 0 Å². The minimum absolute atomic E-state index is 0.0961. The summed E-state index contributed by atoms with van der Waals surface area (Å²) in [6.07, 6.45) is -4.59. The molecule has 0 saturated heterocycles. The number of carboxylic acids is 1. The van der Waals surface area contributed by atoms with E-state index in [-0.39, 0.29) is 22.4 Å². The van der Waals surface area contributed by atoms with Crippen LogP contribution in [0.15, 0.2) is 12.1 Å². The van der Waals surface area contributed by atoms with Gasteiger partial charge >= 0.3 is 12.1 Å². The summed E-state index contributed by atoms with van der Waals surface area (Å²) < 4.78 is 38.5. The molecule has 0 amide bonds. The van der Waals surface area contributed by atoms with Gasteiger partial charge in [0.05, 0.1) is 5.69 Å². The molecule has 0 unspecified atom stereocenters. The van der Waals surface area contributed by atoms with Crippen molar-refractivity contribution in [2.45, 2.75) is 6.18 Å². The monoisotopic (exact) mass is 259 g/mol. The highest BCUT2D eigenvalue weighted by atomic mass is 19.4. The van der Waals surface area contributed by atoms with E-state index in [2.05, 4.69) is 4.98 Å². The molecule has 0 spiro atoms.